The molecule has 19 heavy (non-hydrogen) atoms. The second-order valence-corrected chi connectivity index (χ2v) is 5.27. The number of hydrogen-bond donors (Lipinski definition) is 2. The predicted molar refractivity (Wildman–Crippen MR) is 77.5 cm³/mol. The minimum absolute atomic E-state index is 0.0109. The van der Waals surface area contributed by atoms with Crippen LogP contribution < -0.4 is 11.1 Å². The first-order valence-electron chi connectivity index (χ1n) is 6.16. The third-order valence-electron chi connectivity index (χ3n) is 2.67. The number of thiazole rings is 1. The lowest BCUT2D eigenvalue weighted by Crippen LogP contribution is -2.32. The summed E-state index contributed by atoms with van der Waals surface area (Å²) in [6, 6.07) is 5.37. The van der Waals surface area contributed by atoms with E-state index in [-0.39, 0.29) is 12.0 Å². The molecule has 1 heterocycles. The highest BCUT2D eigenvalue weighted by atomic mass is 32.1. The lowest BCUT2D eigenvalue weighted by atomic mass is 10.2. The average Bonchev–Trinajstić information content (AvgIpc) is 2.75. The maximum absolute atomic E-state index is 12.0. The smallest absolute Gasteiger partial charge is 0.251 e. The molecule has 0 aliphatic rings. The number of nitrogens with two attached hydrogens (primary N) is 1. The monoisotopic (exact) mass is 279 g/mol. The third-order valence-corrected chi connectivity index (χ3v) is 3.52. The zero-order valence-electron chi connectivity index (χ0n) is 11.0. The number of nitrogens with zero attached hydrogens (tertiary/aromatic N) is 1. The van der Waals surface area contributed by atoms with Gasteiger partial charge in [0, 0.05) is 18.7 Å². The summed E-state index contributed by atoms with van der Waals surface area (Å²) in [5, 5.41) is 3.36. The van der Waals surface area contributed by atoms with Crippen molar-refractivity contribution in [3.05, 3.63) is 23.8 Å². The lowest BCUT2D eigenvalue weighted by molar-refractivity contribution is 0.0695. The maximum Gasteiger partial charge on any atom is 0.251 e. The first-order chi connectivity index (χ1) is 9.10. The molecule has 0 aliphatic heterocycles. The van der Waals surface area contributed by atoms with E-state index in [2.05, 4.69) is 10.3 Å². The Bertz CT molecular complexity index is 582. The number of fused-ring (bicyclic) bond motifs is 1. The molecule has 2 rings (SSSR count). The van der Waals surface area contributed by atoms with Crippen LogP contribution in [0.5, 0.6) is 0 Å². The molecular weight excluding hydrogens is 262 g/mol. The normalized spacial score (nSPS) is 12.5. The van der Waals surface area contributed by atoms with Crippen molar-refractivity contribution in [1.82, 2.24) is 10.3 Å². The molecule has 1 aromatic heterocycles. The van der Waals surface area contributed by atoms with Crippen LogP contribution in [0.2, 0.25) is 0 Å². The first kappa shape index (κ1) is 13.8. The number of rotatable bonds is 5. The SMILES string of the molecule is CCOC(C)CNC(=O)c1ccc2nc(N)sc2c1. The van der Waals surface area contributed by atoms with Gasteiger partial charge >= 0.3 is 0 Å². The molecule has 0 radical (unpaired) electrons. The molecular formula is C13H17N3O2S. The van der Waals surface area contributed by atoms with Crippen molar-refractivity contribution in [2.75, 3.05) is 18.9 Å². The minimum atomic E-state index is -0.111. The number of amides is 1. The van der Waals surface area contributed by atoms with Crippen LogP contribution in [-0.2, 0) is 4.74 Å². The Kier molecular flexibility index (Phi) is 4.34. The third kappa shape index (κ3) is 3.42. The minimum Gasteiger partial charge on any atom is -0.377 e. The summed E-state index contributed by atoms with van der Waals surface area (Å²) in [6.45, 7) is 5.00. The van der Waals surface area contributed by atoms with Crippen molar-refractivity contribution in [1.29, 1.82) is 0 Å². The molecule has 1 aromatic carbocycles. The molecule has 0 aliphatic carbocycles. The topological polar surface area (TPSA) is 77.2 Å². The molecule has 0 spiro atoms. The quantitative estimate of drug-likeness (QED) is 0.878. The number of carbonyl (C=O) groups excluding carboxylic acids is 1. The Morgan fingerprint density at radius 3 is 3.11 bits per heavy atom. The van der Waals surface area contributed by atoms with Gasteiger partial charge in [0.25, 0.3) is 5.91 Å². The zero-order chi connectivity index (χ0) is 13.8. The van der Waals surface area contributed by atoms with E-state index < -0.39 is 0 Å². The number of aromatic nitrogens is 1. The second kappa shape index (κ2) is 5.99. The number of nitrogen functional groups attached to an aromatic ring is 1. The van der Waals surface area contributed by atoms with Crippen molar-refractivity contribution < 1.29 is 9.53 Å². The van der Waals surface area contributed by atoms with Gasteiger partial charge in [0.2, 0.25) is 0 Å². The van der Waals surface area contributed by atoms with E-state index in [0.717, 1.165) is 10.2 Å². The van der Waals surface area contributed by atoms with Crippen LogP contribution in [-0.4, -0.2) is 30.1 Å². The Morgan fingerprint density at radius 1 is 1.58 bits per heavy atom. The van der Waals surface area contributed by atoms with Crippen LogP contribution >= 0.6 is 11.3 Å². The van der Waals surface area contributed by atoms with E-state index in [9.17, 15) is 4.79 Å². The molecule has 5 nitrogen and oxygen atoms in total. The number of ether oxygens (including phenoxy) is 1. The van der Waals surface area contributed by atoms with Crippen molar-refractivity contribution in [3.63, 3.8) is 0 Å². The molecule has 0 fully saturated rings. The average molecular weight is 279 g/mol. The van der Waals surface area contributed by atoms with Crippen molar-refractivity contribution in [3.8, 4) is 0 Å². The Morgan fingerprint density at radius 2 is 2.37 bits per heavy atom. The largest absolute Gasteiger partial charge is 0.377 e. The van der Waals surface area contributed by atoms with E-state index in [1.165, 1.54) is 11.3 Å². The van der Waals surface area contributed by atoms with Gasteiger partial charge in [-0.05, 0) is 32.0 Å². The highest BCUT2D eigenvalue weighted by Gasteiger charge is 2.10. The number of hydrogen-bond acceptors (Lipinski definition) is 5. The summed E-state index contributed by atoms with van der Waals surface area (Å²) in [5.41, 5.74) is 7.07. The Balaban J connectivity index is 2.04. The van der Waals surface area contributed by atoms with Crippen LogP contribution in [0.1, 0.15) is 24.2 Å². The molecule has 1 atom stereocenters. The summed E-state index contributed by atoms with van der Waals surface area (Å²) in [5.74, 6) is -0.111. The fourth-order valence-corrected chi connectivity index (χ4v) is 2.54. The van der Waals surface area contributed by atoms with E-state index in [1.807, 2.05) is 26.0 Å². The number of nitrogens with one attached hydrogen (secondary N) is 1. The van der Waals surface area contributed by atoms with Crippen molar-refractivity contribution in [2.45, 2.75) is 20.0 Å². The van der Waals surface area contributed by atoms with Crippen LogP contribution in [0, 0.1) is 0 Å². The van der Waals surface area contributed by atoms with Gasteiger partial charge in [-0.15, -0.1) is 0 Å². The van der Waals surface area contributed by atoms with Gasteiger partial charge in [-0.2, -0.15) is 0 Å². The Hall–Kier alpha value is -1.66. The summed E-state index contributed by atoms with van der Waals surface area (Å²) in [6.07, 6.45) is 0.0109. The molecule has 0 saturated heterocycles. The Labute approximate surface area is 115 Å². The lowest BCUT2D eigenvalue weighted by Gasteiger charge is -2.12. The molecule has 6 heteroatoms. The van der Waals surface area contributed by atoms with Gasteiger partial charge in [0.05, 0.1) is 16.3 Å². The molecule has 102 valence electrons. The maximum atomic E-state index is 12.0. The van der Waals surface area contributed by atoms with Crippen LogP contribution in [0.15, 0.2) is 18.2 Å². The molecule has 1 unspecified atom stereocenters. The van der Waals surface area contributed by atoms with Gasteiger partial charge in [-0.1, -0.05) is 11.3 Å². The summed E-state index contributed by atoms with van der Waals surface area (Å²) in [4.78, 5) is 16.1. The van der Waals surface area contributed by atoms with Crippen LogP contribution in [0.3, 0.4) is 0 Å². The number of anilines is 1. The summed E-state index contributed by atoms with van der Waals surface area (Å²) >= 11 is 1.38. The number of benzene rings is 1. The number of carbonyl (C=O) groups is 1. The van der Waals surface area contributed by atoms with E-state index in [4.69, 9.17) is 10.5 Å². The van der Waals surface area contributed by atoms with Crippen molar-refractivity contribution >= 4 is 32.6 Å². The van der Waals surface area contributed by atoms with Crippen molar-refractivity contribution in [2.24, 2.45) is 0 Å². The fraction of sp³-hybridized carbons (Fsp3) is 0.385. The molecule has 2 aromatic rings. The van der Waals surface area contributed by atoms with Gasteiger partial charge in [-0.25, -0.2) is 4.98 Å². The van der Waals surface area contributed by atoms with Gasteiger partial charge in [0.1, 0.15) is 0 Å². The molecule has 3 N–H and O–H groups in total. The molecule has 0 saturated carbocycles. The van der Waals surface area contributed by atoms with E-state index in [0.29, 0.717) is 23.8 Å². The highest BCUT2D eigenvalue weighted by molar-refractivity contribution is 7.22. The summed E-state index contributed by atoms with van der Waals surface area (Å²) < 4.78 is 6.28. The van der Waals surface area contributed by atoms with Gasteiger partial charge in [-0.3, -0.25) is 4.79 Å². The molecule has 0 bridgehead atoms. The van der Waals surface area contributed by atoms with Crippen LogP contribution in [0.25, 0.3) is 10.2 Å². The predicted octanol–water partition coefficient (Wildman–Crippen LogP) is 2.03. The van der Waals surface area contributed by atoms with E-state index in [1.54, 1.807) is 6.07 Å². The first-order valence-corrected chi connectivity index (χ1v) is 6.97. The second-order valence-electron chi connectivity index (χ2n) is 4.21. The summed E-state index contributed by atoms with van der Waals surface area (Å²) in [7, 11) is 0. The highest BCUT2D eigenvalue weighted by Crippen LogP contribution is 2.24. The van der Waals surface area contributed by atoms with E-state index >= 15 is 0 Å². The van der Waals surface area contributed by atoms with Gasteiger partial charge in [0.15, 0.2) is 5.13 Å². The van der Waals surface area contributed by atoms with Gasteiger partial charge < -0.3 is 15.8 Å². The zero-order valence-corrected chi connectivity index (χ0v) is 11.8. The fourth-order valence-electron chi connectivity index (χ4n) is 1.77. The standard InChI is InChI=1S/C13H17N3O2S/c1-3-18-8(2)7-15-12(17)9-4-5-10-11(6-9)19-13(14)16-10/h4-6,8H,3,7H2,1-2H3,(H2,14,16)(H,15,17). The van der Waals surface area contributed by atoms with Crippen LogP contribution in [0.4, 0.5) is 5.13 Å². The molecule has 1 amide bonds.